The Bertz CT molecular complexity index is 72.8. The Balaban J connectivity index is 0. The van der Waals surface area contributed by atoms with Crippen molar-refractivity contribution in [1.82, 2.24) is 0 Å². The lowest BCUT2D eigenvalue weighted by atomic mass is 10.3. The minimum absolute atomic E-state index is 0. The second-order valence-electron chi connectivity index (χ2n) is 1.49. The number of hydrogen-bond donors (Lipinski definition) is 0. The average molecular weight is 113 g/mol. The molecule has 45 valence electrons. The van der Waals surface area contributed by atoms with Crippen molar-refractivity contribution >= 4 is 14.2 Å². The molecule has 3 heteroatoms. The molecule has 0 bridgehead atoms. The molecular formula is C5H10BO2. The van der Waals surface area contributed by atoms with Crippen LogP contribution in [0.25, 0.3) is 0 Å². The van der Waals surface area contributed by atoms with E-state index in [-0.39, 0.29) is 20.3 Å². The first kappa shape index (κ1) is 10.6. The van der Waals surface area contributed by atoms with Gasteiger partial charge in [0.15, 0.2) is 5.78 Å². The standard InChI is InChI=1S/C5H10O2.B/c1-4(6)5(2)7-3;/h5H,1-3H3;. The summed E-state index contributed by atoms with van der Waals surface area (Å²) >= 11 is 0. The molecule has 8 heavy (non-hydrogen) atoms. The van der Waals surface area contributed by atoms with Gasteiger partial charge in [-0.15, -0.1) is 0 Å². The van der Waals surface area contributed by atoms with Crippen LogP contribution in [0.4, 0.5) is 0 Å². The third-order valence-electron chi connectivity index (χ3n) is 0.926. The van der Waals surface area contributed by atoms with E-state index in [1.165, 1.54) is 14.0 Å². The Morgan fingerprint density at radius 3 is 2.00 bits per heavy atom. The van der Waals surface area contributed by atoms with Gasteiger partial charge in [0.1, 0.15) is 6.10 Å². The summed E-state index contributed by atoms with van der Waals surface area (Å²) in [4.78, 5) is 10.2. The Labute approximate surface area is 51.8 Å². The molecule has 0 amide bonds. The molecule has 0 N–H and O–H groups in total. The van der Waals surface area contributed by atoms with Gasteiger partial charge in [-0.1, -0.05) is 0 Å². The number of Topliss-reactive ketones (excluding diaryl/α,β-unsaturated/α-hetero) is 1. The fraction of sp³-hybridized carbons (Fsp3) is 0.800. The number of ketones is 1. The summed E-state index contributed by atoms with van der Waals surface area (Å²) in [5.41, 5.74) is 0. The van der Waals surface area contributed by atoms with Crippen LogP contribution in [0, 0.1) is 0 Å². The van der Waals surface area contributed by atoms with E-state index in [0.717, 1.165) is 0 Å². The molecule has 0 aliphatic carbocycles. The van der Waals surface area contributed by atoms with E-state index in [9.17, 15) is 4.79 Å². The molecule has 1 unspecified atom stereocenters. The molecule has 0 spiro atoms. The topological polar surface area (TPSA) is 26.3 Å². The number of carbonyl (C=O) groups is 1. The highest BCUT2D eigenvalue weighted by Crippen LogP contribution is 1.85. The Hall–Kier alpha value is -0.305. The van der Waals surface area contributed by atoms with E-state index in [4.69, 9.17) is 0 Å². The smallest absolute Gasteiger partial charge is 0.158 e. The van der Waals surface area contributed by atoms with E-state index in [1.807, 2.05) is 0 Å². The van der Waals surface area contributed by atoms with Crippen molar-refractivity contribution in [3.8, 4) is 0 Å². The summed E-state index contributed by atoms with van der Waals surface area (Å²) in [6.07, 6.45) is -0.236. The first-order chi connectivity index (χ1) is 3.18. The van der Waals surface area contributed by atoms with E-state index >= 15 is 0 Å². The highest BCUT2D eigenvalue weighted by molar-refractivity contribution is 5.79. The summed E-state index contributed by atoms with van der Waals surface area (Å²) in [5.74, 6) is 0.0718. The van der Waals surface area contributed by atoms with Crippen LogP contribution >= 0.6 is 0 Å². The lowest BCUT2D eigenvalue weighted by Crippen LogP contribution is -2.14. The molecule has 0 aromatic heterocycles. The van der Waals surface area contributed by atoms with Gasteiger partial charge in [-0.2, -0.15) is 0 Å². The molecule has 0 aliphatic rings. The number of hydrogen-bond acceptors (Lipinski definition) is 2. The number of ether oxygens (including phenoxy) is 1. The summed E-state index contributed by atoms with van der Waals surface area (Å²) < 4.78 is 4.66. The maximum absolute atomic E-state index is 10.2. The maximum Gasteiger partial charge on any atom is 0.158 e. The second kappa shape index (κ2) is 4.84. The van der Waals surface area contributed by atoms with E-state index < -0.39 is 0 Å². The highest BCUT2D eigenvalue weighted by Gasteiger charge is 2.01. The summed E-state index contributed by atoms with van der Waals surface area (Å²) in [5, 5.41) is 0. The first-order valence-corrected chi connectivity index (χ1v) is 2.21. The van der Waals surface area contributed by atoms with Crippen LogP contribution < -0.4 is 0 Å². The summed E-state index contributed by atoms with van der Waals surface area (Å²) in [6, 6.07) is 0. The highest BCUT2D eigenvalue weighted by atomic mass is 16.5. The SMILES string of the molecule is COC(C)C(C)=O.[B]. The van der Waals surface area contributed by atoms with Crippen LogP contribution in [-0.4, -0.2) is 27.4 Å². The largest absolute Gasteiger partial charge is 0.374 e. The van der Waals surface area contributed by atoms with Crippen LogP contribution in [0.2, 0.25) is 0 Å². The number of carbonyl (C=O) groups excluding carboxylic acids is 1. The van der Waals surface area contributed by atoms with E-state index in [0.29, 0.717) is 0 Å². The molecule has 0 aliphatic heterocycles. The minimum Gasteiger partial charge on any atom is -0.374 e. The van der Waals surface area contributed by atoms with Crippen LogP contribution in [0.3, 0.4) is 0 Å². The normalized spacial score (nSPS) is 11.9. The fourth-order valence-corrected chi connectivity index (χ4v) is 0.166. The predicted octanol–water partition coefficient (Wildman–Crippen LogP) is 0.230. The van der Waals surface area contributed by atoms with Gasteiger partial charge in [0.25, 0.3) is 0 Å². The van der Waals surface area contributed by atoms with E-state index in [2.05, 4.69) is 4.74 Å². The predicted molar refractivity (Wildman–Crippen MR) is 32.9 cm³/mol. The van der Waals surface area contributed by atoms with Gasteiger partial charge in [-0.3, -0.25) is 4.79 Å². The third-order valence-corrected chi connectivity index (χ3v) is 0.926. The molecule has 0 rings (SSSR count). The zero-order chi connectivity index (χ0) is 5.86. The van der Waals surface area contributed by atoms with Gasteiger partial charge in [0, 0.05) is 15.5 Å². The molecule has 0 saturated heterocycles. The van der Waals surface area contributed by atoms with Gasteiger partial charge in [0.05, 0.1) is 0 Å². The summed E-state index contributed by atoms with van der Waals surface area (Å²) in [6.45, 7) is 3.23. The number of rotatable bonds is 2. The molecular weight excluding hydrogens is 103 g/mol. The fourth-order valence-electron chi connectivity index (χ4n) is 0.166. The third kappa shape index (κ3) is 3.87. The Kier molecular flexibility index (Phi) is 6.44. The molecule has 0 saturated carbocycles. The van der Waals surface area contributed by atoms with Crippen LogP contribution in [0.5, 0.6) is 0 Å². The molecule has 0 heterocycles. The molecule has 1 atom stereocenters. The van der Waals surface area contributed by atoms with Crippen molar-refractivity contribution in [2.75, 3.05) is 7.11 Å². The van der Waals surface area contributed by atoms with Gasteiger partial charge < -0.3 is 4.74 Å². The zero-order valence-corrected chi connectivity index (χ0v) is 5.47. The van der Waals surface area contributed by atoms with E-state index in [1.54, 1.807) is 6.92 Å². The lowest BCUT2D eigenvalue weighted by Gasteiger charge is -2.00. The van der Waals surface area contributed by atoms with Gasteiger partial charge in [-0.25, -0.2) is 0 Å². The molecule has 0 aromatic rings. The van der Waals surface area contributed by atoms with Crippen molar-refractivity contribution in [3.63, 3.8) is 0 Å². The minimum atomic E-state index is -0.236. The summed E-state index contributed by atoms with van der Waals surface area (Å²) in [7, 11) is 1.52. The van der Waals surface area contributed by atoms with Gasteiger partial charge in [0.2, 0.25) is 0 Å². The van der Waals surface area contributed by atoms with Crippen molar-refractivity contribution in [3.05, 3.63) is 0 Å². The quantitative estimate of drug-likeness (QED) is 0.479. The average Bonchev–Trinajstić information content (AvgIpc) is 1.65. The van der Waals surface area contributed by atoms with Crippen LogP contribution in [0.15, 0.2) is 0 Å². The van der Waals surface area contributed by atoms with Crippen molar-refractivity contribution in [2.24, 2.45) is 0 Å². The molecule has 0 aromatic carbocycles. The molecule has 0 fully saturated rings. The lowest BCUT2D eigenvalue weighted by molar-refractivity contribution is -0.125. The second-order valence-corrected chi connectivity index (χ2v) is 1.49. The van der Waals surface area contributed by atoms with Gasteiger partial charge >= 0.3 is 0 Å². The van der Waals surface area contributed by atoms with Gasteiger partial charge in [-0.05, 0) is 13.8 Å². The first-order valence-electron chi connectivity index (χ1n) is 2.21. The van der Waals surface area contributed by atoms with Crippen molar-refractivity contribution < 1.29 is 9.53 Å². The molecule has 3 radical (unpaired) electrons. The monoisotopic (exact) mass is 113 g/mol. The molecule has 2 nitrogen and oxygen atoms in total. The maximum atomic E-state index is 10.2. The van der Waals surface area contributed by atoms with Crippen molar-refractivity contribution in [2.45, 2.75) is 20.0 Å². The zero-order valence-electron chi connectivity index (χ0n) is 5.47. The van der Waals surface area contributed by atoms with Crippen molar-refractivity contribution in [1.29, 1.82) is 0 Å². The Morgan fingerprint density at radius 2 is 2.00 bits per heavy atom. The Morgan fingerprint density at radius 1 is 1.62 bits per heavy atom. The van der Waals surface area contributed by atoms with Crippen LogP contribution in [-0.2, 0) is 9.53 Å². The van der Waals surface area contributed by atoms with Crippen LogP contribution in [0.1, 0.15) is 13.8 Å². The number of methoxy groups -OCH3 is 1.